The Hall–Kier alpha value is -1.22. The van der Waals surface area contributed by atoms with Crippen molar-refractivity contribution < 1.29 is 0 Å². The summed E-state index contributed by atoms with van der Waals surface area (Å²) in [7, 11) is 0. The second-order valence-electron chi connectivity index (χ2n) is 1.44. The van der Waals surface area contributed by atoms with E-state index in [-0.39, 0.29) is 0 Å². The maximum atomic E-state index is 4.95. The summed E-state index contributed by atoms with van der Waals surface area (Å²) in [5.41, 5.74) is 0. The highest BCUT2D eigenvalue weighted by Gasteiger charge is 1.57. The third kappa shape index (κ3) is 6.78. The van der Waals surface area contributed by atoms with Crippen LogP contribution in [0.25, 0.3) is 0 Å². The van der Waals surface area contributed by atoms with Crippen molar-refractivity contribution in [3.63, 3.8) is 0 Å². The Morgan fingerprint density at radius 3 is 2.33 bits per heavy atom. The van der Waals surface area contributed by atoms with Gasteiger partial charge in [-0.3, -0.25) is 0 Å². The molecule has 0 amide bonds. The van der Waals surface area contributed by atoms with E-state index >= 15 is 0 Å². The number of allylic oxidation sites excluding steroid dienone is 6. The van der Waals surface area contributed by atoms with Crippen LogP contribution in [0.15, 0.2) is 36.5 Å². The van der Waals surface area contributed by atoms with Crippen LogP contribution in [0.4, 0.5) is 0 Å². The summed E-state index contributed by atoms with van der Waals surface area (Å²) in [5, 5.41) is 0. The quantitative estimate of drug-likeness (QED) is 0.385. The van der Waals surface area contributed by atoms with Gasteiger partial charge in [0.1, 0.15) is 0 Å². The molecule has 0 heteroatoms. The van der Waals surface area contributed by atoms with Gasteiger partial charge in [0, 0.05) is 0 Å². The van der Waals surface area contributed by atoms with Gasteiger partial charge in [0.25, 0.3) is 0 Å². The first-order valence-electron chi connectivity index (χ1n) is 2.82. The van der Waals surface area contributed by atoms with Crippen LogP contribution in [0.2, 0.25) is 0 Å². The van der Waals surface area contributed by atoms with Gasteiger partial charge >= 0.3 is 0 Å². The lowest BCUT2D eigenvalue weighted by Crippen LogP contribution is -1.48. The number of terminal acetylenes is 1. The van der Waals surface area contributed by atoms with Crippen molar-refractivity contribution in [1.29, 1.82) is 0 Å². The van der Waals surface area contributed by atoms with Gasteiger partial charge in [0.15, 0.2) is 0 Å². The second kappa shape index (κ2) is 6.78. The predicted molar refractivity (Wildman–Crippen MR) is 41.9 cm³/mol. The fourth-order valence-electron chi connectivity index (χ4n) is 0.351. The Kier molecular flexibility index (Phi) is 5.86. The highest BCUT2D eigenvalue weighted by atomic mass is 13.6. The average molecular weight is 118 g/mol. The molecule has 0 N–H and O–H groups in total. The zero-order chi connectivity index (χ0) is 6.95. The molecule has 0 aliphatic rings. The molecule has 0 aromatic rings. The SMILES string of the molecule is C#C\C=C/C=C/C=C/C. The Morgan fingerprint density at radius 1 is 1.11 bits per heavy atom. The predicted octanol–water partition coefficient (Wildman–Crippen LogP) is 2.31. The molecule has 0 unspecified atom stereocenters. The van der Waals surface area contributed by atoms with Crippen LogP contribution in [-0.2, 0) is 0 Å². The largest absolute Gasteiger partial charge is 0.115 e. The summed E-state index contributed by atoms with van der Waals surface area (Å²) in [6.07, 6.45) is 16.1. The van der Waals surface area contributed by atoms with Gasteiger partial charge in [-0.15, -0.1) is 6.42 Å². The smallest absolute Gasteiger partial charge is 0.0122 e. The molecule has 0 rings (SSSR count). The zero-order valence-corrected chi connectivity index (χ0v) is 5.54. The normalized spacial score (nSPS) is 11.6. The van der Waals surface area contributed by atoms with Crippen LogP contribution in [0, 0.1) is 12.3 Å². The van der Waals surface area contributed by atoms with E-state index in [9.17, 15) is 0 Å². The van der Waals surface area contributed by atoms with E-state index in [2.05, 4.69) is 5.92 Å². The van der Waals surface area contributed by atoms with Crippen molar-refractivity contribution in [2.75, 3.05) is 0 Å². The Bertz CT molecular complexity index is 163. The summed E-state index contributed by atoms with van der Waals surface area (Å²) >= 11 is 0. The van der Waals surface area contributed by atoms with Crippen molar-refractivity contribution in [2.24, 2.45) is 0 Å². The lowest BCUT2D eigenvalue weighted by Gasteiger charge is -1.68. The molecular weight excluding hydrogens is 108 g/mol. The van der Waals surface area contributed by atoms with Crippen molar-refractivity contribution in [2.45, 2.75) is 6.92 Å². The van der Waals surface area contributed by atoms with E-state index < -0.39 is 0 Å². The first-order valence-corrected chi connectivity index (χ1v) is 2.82. The minimum Gasteiger partial charge on any atom is -0.115 e. The third-order valence-corrected chi connectivity index (χ3v) is 0.718. The van der Waals surface area contributed by atoms with Gasteiger partial charge in [0.05, 0.1) is 0 Å². The minimum absolute atomic E-state index is 1.65. The van der Waals surface area contributed by atoms with Crippen LogP contribution in [0.3, 0.4) is 0 Å². The summed E-state index contributed by atoms with van der Waals surface area (Å²) in [6.45, 7) is 1.97. The number of hydrogen-bond donors (Lipinski definition) is 0. The molecular formula is C9H10. The van der Waals surface area contributed by atoms with Gasteiger partial charge in [-0.1, -0.05) is 36.3 Å². The monoisotopic (exact) mass is 118 g/mol. The highest BCUT2D eigenvalue weighted by Crippen LogP contribution is 1.77. The molecule has 0 nitrogen and oxygen atoms in total. The molecule has 0 atom stereocenters. The van der Waals surface area contributed by atoms with E-state index in [0.717, 1.165) is 0 Å². The van der Waals surface area contributed by atoms with E-state index in [4.69, 9.17) is 6.42 Å². The molecule has 0 bridgehead atoms. The minimum atomic E-state index is 1.65. The van der Waals surface area contributed by atoms with Crippen molar-refractivity contribution in [3.05, 3.63) is 36.5 Å². The summed E-state index contributed by atoms with van der Waals surface area (Å²) in [6, 6.07) is 0. The Balaban J connectivity index is 3.50. The van der Waals surface area contributed by atoms with Gasteiger partial charge < -0.3 is 0 Å². The van der Waals surface area contributed by atoms with Gasteiger partial charge in [-0.05, 0) is 13.0 Å². The van der Waals surface area contributed by atoms with Gasteiger partial charge in [0.2, 0.25) is 0 Å². The number of hydrogen-bond acceptors (Lipinski definition) is 0. The second-order valence-corrected chi connectivity index (χ2v) is 1.44. The Morgan fingerprint density at radius 2 is 1.78 bits per heavy atom. The molecule has 0 aromatic heterocycles. The molecule has 0 spiro atoms. The van der Waals surface area contributed by atoms with Crippen LogP contribution in [0.5, 0.6) is 0 Å². The van der Waals surface area contributed by atoms with Crippen LogP contribution in [0.1, 0.15) is 6.92 Å². The standard InChI is InChI=1S/C9H10/c1-3-5-7-9-8-6-4-2/h1,4-9H,2H3/b6-4+,7-5-,9-8+. The van der Waals surface area contributed by atoms with Crippen LogP contribution < -0.4 is 0 Å². The molecule has 0 fully saturated rings. The molecule has 0 aromatic carbocycles. The summed E-state index contributed by atoms with van der Waals surface area (Å²) in [4.78, 5) is 0. The maximum Gasteiger partial charge on any atom is -0.0122 e. The zero-order valence-electron chi connectivity index (χ0n) is 5.54. The van der Waals surface area contributed by atoms with Crippen molar-refractivity contribution >= 4 is 0 Å². The fraction of sp³-hybridized carbons (Fsp3) is 0.111. The first-order chi connectivity index (χ1) is 4.41. The topological polar surface area (TPSA) is 0 Å². The van der Waals surface area contributed by atoms with E-state index in [0.29, 0.717) is 0 Å². The highest BCUT2D eigenvalue weighted by molar-refractivity contribution is 5.18. The molecule has 0 aliphatic carbocycles. The van der Waals surface area contributed by atoms with E-state index in [1.165, 1.54) is 0 Å². The lowest BCUT2D eigenvalue weighted by atomic mass is 10.4. The van der Waals surface area contributed by atoms with Crippen LogP contribution >= 0.6 is 0 Å². The summed E-state index contributed by atoms with van der Waals surface area (Å²) < 4.78 is 0. The van der Waals surface area contributed by atoms with Crippen molar-refractivity contribution in [1.82, 2.24) is 0 Å². The molecule has 0 heterocycles. The van der Waals surface area contributed by atoms with Gasteiger partial charge in [-0.25, -0.2) is 0 Å². The molecule has 9 heavy (non-hydrogen) atoms. The van der Waals surface area contributed by atoms with Crippen molar-refractivity contribution in [3.8, 4) is 12.3 Å². The Labute approximate surface area is 56.6 Å². The van der Waals surface area contributed by atoms with E-state index in [1.54, 1.807) is 6.08 Å². The third-order valence-electron chi connectivity index (χ3n) is 0.718. The molecule has 0 aliphatic heterocycles. The molecule has 0 radical (unpaired) electrons. The molecule has 46 valence electrons. The van der Waals surface area contributed by atoms with E-state index in [1.807, 2.05) is 37.3 Å². The fourth-order valence-corrected chi connectivity index (χ4v) is 0.351. The van der Waals surface area contributed by atoms with Gasteiger partial charge in [-0.2, -0.15) is 0 Å². The number of rotatable bonds is 2. The first kappa shape index (κ1) is 7.78. The maximum absolute atomic E-state index is 4.95. The average Bonchev–Trinajstić information content (AvgIpc) is 1.89. The lowest BCUT2D eigenvalue weighted by molar-refractivity contribution is 1.73. The molecule has 0 saturated heterocycles. The summed E-state index contributed by atoms with van der Waals surface area (Å²) in [5.74, 6) is 2.39. The molecule has 0 saturated carbocycles. The van der Waals surface area contributed by atoms with Crippen LogP contribution in [-0.4, -0.2) is 0 Å².